The van der Waals surface area contributed by atoms with E-state index in [1.165, 1.54) is 0 Å². The van der Waals surface area contributed by atoms with Crippen LogP contribution in [-0.2, 0) is 6.54 Å². The molecule has 2 amide bonds. The van der Waals surface area contributed by atoms with Gasteiger partial charge < -0.3 is 10.2 Å². The molecular formula is C17H25N5O. The molecular weight excluding hydrogens is 290 g/mol. The highest BCUT2D eigenvalue weighted by molar-refractivity contribution is 5.74. The van der Waals surface area contributed by atoms with Crippen LogP contribution in [0.5, 0.6) is 0 Å². The Balaban J connectivity index is 2.01. The smallest absolute Gasteiger partial charge is 0.317 e. The molecule has 2 aromatic rings. The summed E-state index contributed by atoms with van der Waals surface area (Å²) in [4.78, 5) is 22.6. The fourth-order valence-electron chi connectivity index (χ4n) is 2.63. The molecule has 0 saturated heterocycles. The van der Waals surface area contributed by atoms with E-state index in [9.17, 15) is 4.79 Å². The number of aryl methyl sites for hydroxylation is 1. The zero-order valence-electron chi connectivity index (χ0n) is 14.3. The van der Waals surface area contributed by atoms with Gasteiger partial charge in [0.25, 0.3) is 0 Å². The van der Waals surface area contributed by atoms with E-state index in [0.717, 1.165) is 30.0 Å². The molecule has 2 rings (SSSR count). The molecule has 0 aliphatic heterocycles. The summed E-state index contributed by atoms with van der Waals surface area (Å²) in [6.07, 6.45) is 7.29. The van der Waals surface area contributed by atoms with Gasteiger partial charge in [0.1, 0.15) is 11.6 Å². The van der Waals surface area contributed by atoms with E-state index in [4.69, 9.17) is 0 Å². The predicted molar refractivity (Wildman–Crippen MR) is 90.5 cm³/mol. The van der Waals surface area contributed by atoms with Crippen LogP contribution in [0.1, 0.15) is 38.1 Å². The van der Waals surface area contributed by atoms with Crippen LogP contribution in [-0.4, -0.2) is 38.6 Å². The summed E-state index contributed by atoms with van der Waals surface area (Å²) in [6, 6.07) is 4.10. The number of urea groups is 1. The molecule has 2 heterocycles. The van der Waals surface area contributed by atoms with E-state index in [0.29, 0.717) is 6.54 Å². The third kappa shape index (κ3) is 4.09. The number of rotatable bonds is 6. The number of nitrogens with zero attached hydrogens (tertiary/aromatic N) is 4. The molecule has 0 saturated carbocycles. The van der Waals surface area contributed by atoms with Crippen LogP contribution < -0.4 is 5.32 Å². The SMILES string of the molecule is CCC(CC)N(C)C(=O)NCc1ccnc(-n2ccnc2C)c1. The number of amides is 2. The molecule has 0 atom stereocenters. The fourth-order valence-corrected chi connectivity index (χ4v) is 2.63. The summed E-state index contributed by atoms with van der Waals surface area (Å²) >= 11 is 0. The van der Waals surface area contributed by atoms with E-state index in [2.05, 4.69) is 29.1 Å². The number of hydrogen-bond donors (Lipinski definition) is 1. The van der Waals surface area contributed by atoms with Crippen molar-refractivity contribution in [2.45, 2.75) is 46.2 Å². The van der Waals surface area contributed by atoms with Gasteiger partial charge in [-0.25, -0.2) is 14.8 Å². The van der Waals surface area contributed by atoms with E-state index in [1.807, 2.05) is 36.9 Å². The molecule has 0 spiro atoms. The molecule has 0 unspecified atom stereocenters. The molecule has 1 N–H and O–H groups in total. The van der Waals surface area contributed by atoms with Crippen molar-refractivity contribution in [1.29, 1.82) is 0 Å². The second-order valence-electron chi connectivity index (χ2n) is 5.61. The minimum absolute atomic E-state index is 0.0455. The monoisotopic (exact) mass is 315 g/mol. The number of nitrogens with one attached hydrogen (secondary N) is 1. The van der Waals surface area contributed by atoms with Gasteiger partial charge in [0.2, 0.25) is 0 Å². The molecule has 2 aromatic heterocycles. The summed E-state index contributed by atoms with van der Waals surface area (Å²) < 4.78 is 1.92. The summed E-state index contributed by atoms with van der Waals surface area (Å²) in [7, 11) is 1.85. The van der Waals surface area contributed by atoms with E-state index in [-0.39, 0.29) is 12.1 Å². The number of carbonyl (C=O) groups is 1. The lowest BCUT2D eigenvalue weighted by molar-refractivity contribution is 0.186. The summed E-state index contributed by atoms with van der Waals surface area (Å²) in [5.74, 6) is 1.69. The van der Waals surface area contributed by atoms with Crippen LogP contribution >= 0.6 is 0 Å². The van der Waals surface area contributed by atoms with Crippen molar-refractivity contribution in [3.8, 4) is 5.82 Å². The van der Waals surface area contributed by atoms with Crippen molar-refractivity contribution in [2.75, 3.05) is 7.05 Å². The number of pyridine rings is 1. The second-order valence-corrected chi connectivity index (χ2v) is 5.61. The van der Waals surface area contributed by atoms with Gasteiger partial charge in [-0.05, 0) is 37.5 Å². The first-order valence-corrected chi connectivity index (χ1v) is 8.02. The Morgan fingerprint density at radius 1 is 1.30 bits per heavy atom. The maximum absolute atomic E-state index is 12.2. The number of imidazole rings is 1. The highest BCUT2D eigenvalue weighted by Crippen LogP contribution is 2.10. The lowest BCUT2D eigenvalue weighted by Gasteiger charge is -2.26. The Hall–Kier alpha value is -2.37. The second kappa shape index (κ2) is 7.76. The number of hydrogen-bond acceptors (Lipinski definition) is 3. The number of carbonyl (C=O) groups excluding carboxylic acids is 1. The molecule has 0 aliphatic carbocycles. The zero-order chi connectivity index (χ0) is 16.8. The Morgan fingerprint density at radius 3 is 2.65 bits per heavy atom. The largest absolute Gasteiger partial charge is 0.334 e. The van der Waals surface area contributed by atoms with Crippen molar-refractivity contribution < 1.29 is 4.79 Å². The fraction of sp³-hybridized carbons (Fsp3) is 0.471. The quantitative estimate of drug-likeness (QED) is 0.891. The topological polar surface area (TPSA) is 63.1 Å². The molecule has 0 aliphatic rings. The molecule has 6 nitrogen and oxygen atoms in total. The number of aromatic nitrogens is 3. The van der Waals surface area contributed by atoms with Crippen LogP contribution in [0.4, 0.5) is 4.79 Å². The highest BCUT2D eigenvalue weighted by atomic mass is 16.2. The first kappa shape index (κ1) is 17.0. The van der Waals surface area contributed by atoms with Crippen molar-refractivity contribution >= 4 is 6.03 Å². The Morgan fingerprint density at radius 2 is 2.04 bits per heavy atom. The van der Waals surface area contributed by atoms with Crippen LogP contribution in [0, 0.1) is 6.92 Å². The van der Waals surface area contributed by atoms with Gasteiger partial charge >= 0.3 is 6.03 Å². The van der Waals surface area contributed by atoms with Crippen molar-refractivity contribution in [2.24, 2.45) is 0 Å². The van der Waals surface area contributed by atoms with Crippen LogP contribution in [0.15, 0.2) is 30.7 Å². The predicted octanol–water partition coefficient (Wildman–Crippen LogP) is 2.91. The maximum atomic E-state index is 12.2. The van der Waals surface area contributed by atoms with Gasteiger partial charge in [0, 0.05) is 38.2 Å². The van der Waals surface area contributed by atoms with Crippen LogP contribution in [0.2, 0.25) is 0 Å². The molecule has 0 aromatic carbocycles. The van der Waals surface area contributed by atoms with Gasteiger partial charge in [0.15, 0.2) is 0 Å². The van der Waals surface area contributed by atoms with E-state index < -0.39 is 0 Å². The average Bonchev–Trinajstić information content (AvgIpc) is 3.00. The third-order valence-electron chi connectivity index (χ3n) is 4.14. The first-order chi connectivity index (χ1) is 11.1. The van der Waals surface area contributed by atoms with Crippen LogP contribution in [0.3, 0.4) is 0 Å². The minimum atomic E-state index is -0.0455. The average molecular weight is 315 g/mol. The van der Waals surface area contributed by atoms with Gasteiger partial charge in [-0.2, -0.15) is 0 Å². The van der Waals surface area contributed by atoms with E-state index >= 15 is 0 Å². The minimum Gasteiger partial charge on any atom is -0.334 e. The lowest BCUT2D eigenvalue weighted by atomic mass is 10.1. The molecule has 124 valence electrons. The molecule has 0 fully saturated rings. The first-order valence-electron chi connectivity index (χ1n) is 8.02. The Kier molecular flexibility index (Phi) is 5.73. The molecule has 23 heavy (non-hydrogen) atoms. The summed E-state index contributed by atoms with van der Waals surface area (Å²) in [5.41, 5.74) is 1.01. The normalized spacial score (nSPS) is 10.8. The standard InChI is InChI=1S/C17H25N5O/c1-5-15(6-2)21(4)17(23)20-12-14-7-8-19-16(11-14)22-10-9-18-13(22)3/h7-11,15H,5-6,12H2,1-4H3,(H,20,23). The summed E-state index contributed by atoms with van der Waals surface area (Å²) in [6.45, 7) is 6.61. The third-order valence-corrected chi connectivity index (χ3v) is 4.14. The summed E-state index contributed by atoms with van der Waals surface area (Å²) in [5, 5.41) is 2.97. The van der Waals surface area contributed by atoms with E-state index in [1.54, 1.807) is 17.3 Å². The van der Waals surface area contributed by atoms with Crippen molar-refractivity contribution in [3.63, 3.8) is 0 Å². The highest BCUT2D eigenvalue weighted by Gasteiger charge is 2.16. The molecule has 0 bridgehead atoms. The maximum Gasteiger partial charge on any atom is 0.317 e. The van der Waals surface area contributed by atoms with Gasteiger partial charge in [0.05, 0.1) is 0 Å². The molecule has 6 heteroatoms. The molecule has 0 radical (unpaired) electrons. The van der Waals surface area contributed by atoms with Gasteiger partial charge in [-0.3, -0.25) is 4.57 Å². The van der Waals surface area contributed by atoms with Gasteiger partial charge in [-0.1, -0.05) is 13.8 Å². The van der Waals surface area contributed by atoms with Crippen LogP contribution in [0.25, 0.3) is 5.82 Å². The zero-order valence-corrected chi connectivity index (χ0v) is 14.3. The Labute approximate surface area is 137 Å². The van der Waals surface area contributed by atoms with Crippen molar-refractivity contribution in [1.82, 2.24) is 24.8 Å². The van der Waals surface area contributed by atoms with Gasteiger partial charge in [-0.15, -0.1) is 0 Å². The van der Waals surface area contributed by atoms with Crippen molar-refractivity contribution in [3.05, 3.63) is 42.1 Å². The lowest BCUT2D eigenvalue weighted by Crippen LogP contribution is -2.42. The Bertz CT molecular complexity index is 648.